The zero-order chi connectivity index (χ0) is 12.5. The molecule has 6 heteroatoms. The van der Waals surface area contributed by atoms with Gasteiger partial charge < -0.3 is 0 Å². The van der Waals surface area contributed by atoms with Crippen LogP contribution in [0.25, 0.3) is 0 Å². The third kappa shape index (κ3) is 2.68. The van der Waals surface area contributed by atoms with Crippen LogP contribution in [0.3, 0.4) is 0 Å². The van der Waals surface area contributed by atoms with Crippen molar-refractivity contribution in [3.05, 3.63) is 18.0 Å². The van der Waals surface area contributed by atoms with Crippen LogP contribution in [0.1, 0.15) is 11.6 Å². The van der Waals surface area contributed by atoms with Gasteiger partial charge in [0.2, 0.25) is 0 Å². The molecule has 0 aromatic carbocycles. The molecule has 1 atom stereocenters. The van der Waals surface area contributed by atoms with Crippen molar-refractivity contribution >= 4 is 9.84 Å². The van der Waals surface area contributed by atoms with Crippen molar-refractivity contribution in [1.29, 1.82) is 0 Å². The maximum atomic E-state index is 11.7. The average molecular weight is 253 g/mol. The molecule has 0 bridgehead atoms. The van der Waals surface area contributed by atoms with Crippen LogP contribution in [0.15, 0.2) is 12.4 Å². The fourth-order valence-corrected chi connectivity index (χ4v) is 3.63. The van der Waals surface area contributed by atoms with Gasteiger partial charge in [0.1, 0.15) is 0 Å². The Hall–Kier alpha value is -1.32. The Kier molecular flexibility index (Phi) is 3.22. The number of hydrogen-bond donors (Lipinski definition) is 0. The van der Waals surface area contributed by atoms with Gasteiger partial charge in [0, 0.05) is 25.4 Å². The third-order valence-electron chi connectivity index (χ3n) is 2.95. The molecule has 1 fully saturated rings. The molecule has 0 radical (unpaired) electrons. The number of terminal acetylenes is 1. The quantitative estimate of drug-likeness (QED) is 0.686. The molecule has 1 aliphatic rings. The van der Waals surface area contributed by atoms with E-state index in [0.29, 0.717) is 13.1 Å². The first kappa shape index (κ1) is 12.1. The summed E-state index contributed by atoms with van der Waals surface area (Å²) in [6.07, 6.45) is 8.86. The normalized spacial score (nSPS) is 24.4. The molecule has 0 aliphatic carbocycles. The Balaban J connectivity index is 2.28. The van der Waals surface area contributed by atoms with Gasteiger partial charge >= 0.3 is 0 Å². The van der Waals surface area contributed by atoms with Crippen molar-refractivity contribution in [2.45, 2.75) is 6.04 Å². The Morgan fingerprint density at radius 2 is 2.41 bits per heavy atom. The second-order valence-electron chi connectivity index (χ2n) is 4.25. The molecule has 17 heavy (non-hydrogen) atoms. The molecule has 5 nitrogen and oxygen atoms in total. The van der Waals surface area contributed by atoms with Crippen LogP contribution in [0.5, 0.6) is 0 Å². The molecule has 1 saturated heterocycles. The summed E-state index contributed by atoms with van der Waals surface area (Å²) >= 11 is 0. The second kappa shape index (κ2) is 4.51. The van der Waals surface area contributed by atoms with Gasteiger partial charge in [-0.2, -0.15) is 5.10 Å². The zero-order valence-electron chi connectivity index (χ0n) is 9.70. The molecule has 92 valence electrons. The van der Waals surface area contributed by atoms with E-state index >= 15 is 0 Å². The molecule has 0 saturated carbocycles. The van der Waals surface area contributed by atoms with E-state index in [1.807, 2.05) is 18.1 Å². The number of aromatic nitrogens is 2. The zero-order valence-corrected chi connectivity index (χ0v) is 10.5. The van der Waals surface area contributed by atoms with Gasteiger partial charge in [0.15, 0.2) is 9.84 Å². The number of nitrogens with zero attached hydrogens (tertiary/aromatic N) is 3. The molecule has 2 heterocycles. The molecule has 1 unspecified atom stereocenters. The lowest BCUT2D eigenvalue weighted by Crippen LogP contribution is -2.43. The predicted octanol–water partition coefficient (Wildman–Crippen LogP) is -0.175. The SMILES string of the molecule is C#CCN1CCS(=O)(=O)CC1c1cnn(C)c1. The minimum Gasteiger partial charge on any atom is -0.283 e. The highest BCUT2D eigenvalue weighted by atomic mass is 32.2. The molecule has 0 spiro atoms. The summed E-state index contributed by atoms with van der Waals surface area (Å²) in [7, 11) is -1.16. The van der Waals surface area contributed by atoms with E-state index in [4.69, 9.17) is 6.42 Å². The maximum absolute atomic E-state index is 11.7. The van der Waals surface area contributed by atoms with Crippen molar-refractivity contribution in [2.75, 3.05) is 24.6 Å². The van der Waals surface area contributed by atoms with Crippen molar-refractivity contribution in [2.24, 2.45) is 7.05 Å². The van der Waals surface area contributed by atoms with E-state index in [1.165, 1.54) is 0 Å². The lowest BCUT2D eigenvalue weighted by Gasteiger charge is -2.33. The Morgan fingerprint density at radius 1 is 1.65 bits per heavy atom. The van der Waals surface area contributed by atoms with Gasteiger partial charge in [0.25, 0.3) is 0 Å². The van der Waals surface area contributed by atoms with Crippen LogP contribution in [0.2, 0.25) is 0 Å². The number of hydrogen-bond acceptors (Lipinski definition) is 4. The number of rotatable bonds is 2. The third-order valence-corrected chi connectivity index (χ3v) is 4.57. The van der Waals surface area contributed by atoms with Gasteiger partial charge in [-0.25, -0.2) is 8.42 Å². The maximum Gasteiger partial charge on any atom is 0.153 e. The van der Waals surface area contributed by atoms with E-state index in [9.17, 15) is 8.42 Å². The lowest BCUT2D eigenvalue weighted by atomic mass is 10.1. The summed E-state index contributed by atoms with van der Waals surface area (Å²) in [6, 6.07) is -0.168. The first-order chi connectivity index (χ1) is 8.02. The highest BCUT2D eigenvalue weighted by Crippen LogP contribution is 2.25. The molecule has 1 aromatic heterocycles. The number of sulfone groups is 1. The fraction of sp³-hybridized carbons (Fsp3) is 0.545. The molecule has 1 aliphatic heterocycles. The van der Waals surface area contributed by atoms with Gasteiger partial charge in [-0.1, -0.05) is 5.92 Å². The van der Waals surface area contributed by atoms with E-state index < -0.39 is 9.84 Å². The highest BCUT2D eigenvalue weighted by Gasteiger charge is 2.32. The van der Waals surface area contributed by atoms with Crippen LogP contribution in [0, 0.1) is 12.3 Å². The van der Waals surface area contributed by atoms with Crippen molar-refractivity contribution in [3.63, 3.8) is 0 Å². The van der Waals surface area contributed by atoms with E-state index in [0.717, 1.165) is 5.56 Å². The number of aryl methyl sites for hydroxylation is 1. The largest absolute Gasteiger partial charge is 0.283 e. The van der Waals surface area contributed by atoms with Gasteiger partial charge in [-0.3, -0.25) is 9.58 Å². The van der Waals surface area contributed by atoms with Crippen LogP contribution >= 0.6 is 0 Å². The fourth-order valence-electron chi connectivity index (χ4n) is 2.07. The minimum absolute atomic E-state index is 0.125. The predicted molar refractivity (Wildman–Crippen MR) is 65.0 cm³/mol. The first-order valence-corrected chi connectivity index (χ1v) is 7.20. The van der Waals surface area contributed by atoms with Crippen LogP contribution < -0.4 is 0 Å². The van der Waals surface area contributed by atoms with Gasteiger partial charge in [-0.05, 0) is 0 Å². The molecular weight excluding hydrogens is 238 g/mol. The molecular formula is C11H15N3O2S. The van der Waals surface area contributed by atoms with E-state index in [1.54, 1.807) is 10.9 Å². The molecule has 0 amide bonds. The van der Waals surface area contributed by atoms with Crippen molar-refractivity contribution in [1.82, 2.24) is 14.7 Å². The van der Waals surface area contributed by atoms with Gasteiger partial charge in [0.05, 0.1) is 30.3 Å². The molecule has 1 aromatic rings. The molecule has 2 rings (SSSR count). The minimum atomic E-state index is -2.97. The van der Waals surface area contributed by atoms with Crippen molar-refractivity contribution in [3.8, 4) is 12.3 Å². The second-order valence-corrected chi connectivity index (χ2v) is 6.48. The van der Waals surface area contributed by atoms with Crippen LogP contribution in [-0.4, -0.2) is 47.7 Å². The van der Waals surface area contributed by atoms with Crippen LogP contribution in [-0.2, 0) is 16.9 Å². The van der Waals surface area contributed by atoms with Gasteiger partial charge in [-0.15, -0.1) is 6.42 Å². The molecule has 0 N–H and O–H groups in total. The summed E-state index contributed by atoms with van der Waals surface area (Å²) in [5.41, 5.74) is 0.908. The monoisotopic (exact) mass is 253 g/mol. The Labute approximate surface area is 101 Å². The highest BCUT2D eigenvalue weighted by molar-refractivity contribution is 7.91. The first-order valence-electron chi connectivity index (χ1n) is 5.38. The van der Waals surface area contributed by atoms with Crippen molar-refractivity contribution < 1.29 is 8.42 Å². The lowest BCUT2D eigenvalue weighted by molar-refractivity contribution is 0.243. The smallest absolute Gasteiger partial charge is 0.153 e. The van der Waals surface area contributed by atoms with E-state index in [2.05, 4.69) is 11.0 Å². The van der Waals surface area contributed by atoms with E-state index in [-0.39, 0.29) is 17.5 Å². The standard InChI is InChI=1S/C11H15N3O2S/c1-3-4-14-5-6-17(15,16)9-11(14)10-7-12-13(2)8-10/h1,7-8,11H,4-6,9H2,2H3. The summed E-state index contributed by atoms with van der Waals surface area (Å²) in [4.78, 5) is 2.01. The summed E-state index contributed by atoms with van der Waals surface area (Å²) in [5, 5.41) is 4.08. The summed E-state index contributed by atoms with van der Waals surface area (Å²) < 4.78 is 25.0. The van der Waals surface area contributed by atoms with Crippen LogP contribution in [0.4, 0.5) is 0 Å². The topological polar surface area (TPSA) is 55.2 Å². The average Bonchev–Trinajstić information content (AvgIpc) is 2.67. The Morgan fingerprint density at radius 3 is 3.00 bits per heavy atom. The summed E-state index contributed by atoms with van der Waals surface area (Å²) in [5.74, 6) is 2.89. The Bertz CT molecular complexity index is 541. The summed E-state index contributed by atoms with van der Waals surface area (Å²) in [6.45, 7) is 0.959.